The van der Waals surface area contributed by atoms with E-state index in [-0.39, 0.29) is 27.0 Å². The molecule has 3 N–H and O–H groups in total. The van der Waals surface area contributed by atoms with Crippen LogP contribution in [0.25, 0.3) is 0 Å². The number of anilines is 2. The molecule has 98 valence electrons. The van der Waals surface area contributed by atoms with Gasteiger partial charge in [-0.1, -0.05) is 29.3 Å². The lowest BCUT2D eigenvalue weighted by Crippen LogP contribution is -2.14. The van der Waals surface area contributed by atoms with Gasteiger partial charge in [-0.05, 0) is 30.3 Å². The van der Waals surface area contributed by atoms with Gasteiger partial charge in [0.2, 0.25) is 0 Å². The molecule has 3 nitrogen and oxygen atoms in total. The van der Waals surface area contributed by atoms with Crippen molar-refractivity contribution in [2.45, 2.75) is 0 Å². The number of nitrogen functional groups attached to an aromatic ring is 1. The van der Waals surface area contributed by atoms with Gasteiger partial charge < -0.3 is 11.1 Å². The van der Waals surface area contributed by atoms with Crippen molar-refractivity contribution < 1.29 is 9.18 Å². The van der Waals surface area contributed by atoms with Crippen LogP contribution in [0.5, 0.6) is 0 Å². The summed E-state index contributed by atoms with van der Waals surface area (Å²) in [4.78, 5) is 12.0. The Labute approximate surface area is 119 Å². The molecule has 0 saturated heterocycles. The number of hydrogen-bond acceptors (Lipinski definition) is 2. The maximum Gasteiger partial charge on any atom is 0.258 e. The standard InChI is InChI=1S/C13H9Cl2FN2O/c14-8-2-1-3-9(15)12(8)13(19)18-11-5-4-7(17)6-10(11)16/h1-6H,17H2,(H,18,19). The first kappa shape index (κ1) is 13.6. The Kier molecular flexibility index (Phi) is 3.93. The highest BCUT2D eigenvalue weighted by molar-refractivity contribution is 6.40. The van der Waals surface area contributed by atoms with E-state index in [2.05, 4.69) is 5.32 Å². The number of carbonyl (C=O) groups is 1. The highest BCUT2D eigenvalue weighted by atomic mass is 35.5. The summed E-state index contributed by atoms with van der Waals surface area (Å²) in [6, 6.07) is 8.64. The quantitative estimate of drug-likeness (QED) is 0.824. The summed E-state index contributed by atoms with van der Waals surface area (Å²) in [6.07, 6.45) is 0. The van der Waals surface area contributed by atoms with E-state index < -0.39 is 11.7 Å². The summed E-state index contributed by atoms with van der Waals surface area (Å²) >= 11 is 11.8. The average Bonchev–Trinajstić information content (AvgIpc) is 2.32. The van der Waals surface area contributed by atoms with E-state index in [0.29, 0.717) is 0 Å². The normalized spacial score (nSPS) is 10.3. The molecule has 2 aromatic carbocycles. The van der Waals surface area contributed by atoms with E-state index in [1.54, 1.807) is 6.07 Å². The van der Waals surface area contributed by atoms with E-state index in [0.717, 1.165) is 6.07 Å². The fourth-order valence-corrected chi connectivity index (χ4v) is 2.10. The zero-order chi connectivity index (χ0) is 14.0. The van der Waals surface area contributed by atoms with Crippen LogP contribution in [0, 0.1) is 5.82 Å². The molecule has 2 aromatic rings. The lowest BCUT2D eigenvalue weighted by atomic mass is 10.2. The molecule has 2 rings (SSSR count). The molecule has 0 spiro atoms. The Morgan fingerprint density at radius 2 is 1.79 bits per heavy atom. The topological polar surface area (TPSA) is 55.1 Å². The number of nitrogens with one attached hydrogen (secondary N) is 1. The number of carbonyl (C=O) groups excluding carboxylic acids is 1. The number of benzene rings is 2. The molecule has 0 bridgehead atoms. The van der Waals surface area contributed by atoms with Gasteiger partial charge in [-0.2, -0.15) is 0 Å². The summed E-state index contributed by atoms with van der Waals surface area (Å²) in [7, 11) is 0. The van der Waals surface area contributed by atoms with Crippen LogP contribution in [0.2, 0.25) is 10.0 Å². The van der Waals surface area contributed by atoms with Gasteiger partial charge in [-0.3, -0.25) is 4.79 Å². The summed E-state index contributed by atoms with van der Waals surface area (Å²) in [6.45, 7) is 0. The number of hydrogen-bond donors (Lipinski definition) is 2. The first-order valence-corrected chi connectivity index (χ1v) is 6.05. The van der Waals surface area contributed by atoms with Crippen molar-refractivity contribution in [3.05, 3.63) is 57.8 Å². The van der Waals surface area contributed by atoms with Gasteiger partial charge in [-0.15, -0.1) is 0 Å². The third-order valence-corrected chi connectivity index (χ3v) is 3.06. The van der Waals surface area contributed by atoms with Crippen LogP contribution in [0.3, 0.4) is 0 Å². The summed E-state index contributed by atoms with van der Waals surface area (Å²) < 4.78 is 13.6. The average molecular weight is 299 g/mol. The van der Waals surface area contributed by atoms with Crippen LogP contribution < -0.4 is 11.1 Å². The fourth-order valence-electron chi connectivity index (χ4n) is 1.53. The monoisotopic (exact) mass is 298 g/mol. The van der Waals surface area contributed by atoms with Crippen molar-refractivity contribution in [3.63, 3.8) is 0 Å². The summed E-state index contributed by atoms with van der Waals surface area (Å²) in [5.74, 6) is -1.21. The van der Waals surface area contributed by atoms with Gasteiger partial charge in [0.1, 0.15) is 5.82 Å². The summed E-state index contributed by atoms with van der Waals surface area (Å²) in [5.41, 5.74) is 5.80. The van der Waals surface area contributed by atoms with Crippen molar-refractivity contribution >= 4 is 40.5 Å². The first-order chi connectivity index (χ1) is 8.99. The zero-order valence-corrected chi connectivity index (χ0v) is 11.1. The van der Waals surface area contributed by atoms with Crippen molar-refractivity contribution in [2.24, 2.45) is 0 Å². The molecule has 0 heterocycles. The second-order valence-corrected chi connectivity index (χ2v) is 4.60. The Bertz CT molecular complexity index is 626. The number of halogens is 3. The maximum absolute atomic E-state index is 13.6. The van der Waals surface area contributed by atoms with Crippen LogP contribution in [-0.4, -0.2) is 5.91 Å². The second-order valence-electron chi connectivity index (χ2n) is 3.79. The SMILES string of the molecule is Nc1ccc(NC(=O)c2c(Cl)cccc2Cl)c(F)c1. The van der Waals surface area contributed by atoms with E-state index in [9.17, 15) is 9.18 Å². The third-order valence-electron chi connectivity index (χ3n) is 2.43. The number of amides is 1. The molecule has 0 aliphatic heterocycles. The van der Waals surface area contributed by atoms with Crippen LogP contribution in [0.1, 0.15) is 10.4 Å². The third kappa shape index (κ3) is 2.97. The summed E-state index contributed by atoms with van der Waals surface area (Å²) in [5, 5.41) is 2.79. The molecule has 0 aliphatic carbocycles. The van der Waals surface area contributed by atoms with Crippen molar-refractivity contribution in [3.8, 4) is 0 Å². The molecular weight excluding hydrogens is 290 g/mol. The molecule has 0 aliphatic rings. The smallest absolute Gasteiger partial charge is 0.258 e. The highest BCUT2D eigenvalue weighted by Gasteiger charge is 2.16. The van der Waals surface area contributed by atoms with Gasteiger partial charge in [-0.25, -0.2) is 4.39 Å². The van der Waals surface area contributed by atoms with E-state index >= 15 is 0 Å². The molecule has 0 saturated carbocycles. The lowest BCUT2D eigenvalue weighted by molar-refractivity contribution is 0.102. The van der Waals surface area contributed by atoms with E-state index in [1.807, 2.05) is 0 Å². The molecule has 0 fully saturated rings. The Hall–Kier alpha value is -1.78. The maximum atomic E-state index is 13.6. The van der Waals surface area contributed by atoms with Crippen LogP contribution >= 0.6 is 23.2 Å². The van der Waals surface area contributed by atoms with Crippen molar-refractivity contribution in [1.82, 2.24) is 0 Å². The highest BCUT2D eigenvalue weighted by Crippen LogP contribution is 2.26. The predicted molar refractivity (Wildman–Crippen MR) is 75.2 cm³/mol. The molecule has 0 unspecified atom stereocenters. The van der Waals surface area contributed by atoms with Gasteiger partial charge >= 0.3 is 0 Å². The molecule has 0 aromatic heterocycles. The lowest BCUT2D eigenvalue weighted by Gasteiger charge is -2.09. The van der Waals surface area contributed by atoms with Crippen LogP contribution in [0.15, 0.2) is 36.4 Å². The van der Waals surface area contributed by atoms with Gasteiger partial charge in [0, 0.05) is 5.69 Å². The first-order valence-electron chi connectivity index (χ1n) is 5.29. The number of rotatable bonds is 2. The molecule has 0 radical (unpaired) electrons. The Balaban J connectivity index is 2.31. The van der Waals surface area contributed by atoms with Gasteiger partial charge in [0.25, 0.3) is 5.91 Å². The van der Waals surface area contributed by atoms with Gasteiger partial charge in [0.15, 0.2) is 0 Å². The number of nitrogens with two attached hydrogens (primary N) is 1. The molecule has 6 heteroatoms. The molecule has 19 heavy (non-hydrogen) atoms. The molecule has 0 atom stereocenters. The minimum absolute atomic E-state index is 0.00943. The van der Waals surface area contributed by atoms with Crippen molar-refractivity contribution in [2.75, 3.05) is 11.1 Å². The minimum Gasteiger partial charge on any atom is -0.399 e. The molecule has 1 amide bonds. The van der Waals surface area contributed by atoms with Crippen LogP contribution in [0.4, 0.5) is 15.8 Å². The van der Waals surface area contributed by atoms with E-state index in [1.165, 1.54) is 24.3 Å². The Morgan fingerprint density at radius 3 is 2.37 bits per heavy atom. The van der Waals surface area contributed by atoms with Gasteiger partial charge in [0.05, 0.1) is 21.3 Å². The largest absolute Gasteiger partial charge is 0.399 e. The predicted octanol–water partition coefficient (Wildman–Crippen LogP) is 3.97. The minimum atomic E-state index is -0.628. The second kappa shape index (κ2) is 5.47. The van der Waals surface area contributed by atoms with Crippen molar-refractivity contribution in [1.29, 1.82) is 0 Å². The molecular formula is C13H9Cl2FN2O. The zero-order valence-electron chi connectivity index (χ0n) is 9.58. The Morgan fingerprint density at radius 1 is 1.16 bits per heavy atom. The van der Waals surface area contributed by atoms with E-state index in [4.69, 9.17) is 28.9 Å². The fraction of sp³-hybridized carbons (Fsp3) is 0. The van der Waals surface area contributed by atoms with Crippen LogP contribution in [-0.2, 0) is 0 Å².